The molecule has 14 heavy (non-hydrogen) atoms. The van der Waals surface area contributed by atoms with Crippen molar-refractivity contribution in [3.05, 3.63) is 0 Å². The van der Waals surface area contributed by atoms with Crippen LogP contribution < -0.4 is 5.73 Å². The van der Waals surface area contributed by atoms with E-state index >= 15 is 0 Å². The minimum Gasteiger partial charge on any atom is -0.392 e. The molecule has 0 spiro atoms. The van der Waals surface area contributed by atoms with Gasteiger partial charge in [0.2, 0.25) is 5.91 Å². The van der Waals surface area contributed by atoms with E-state index in [-0.39, 0.29) is 10.9 Å². The van der Waals surface area contributed by atoms with Crippen LogP contribution in [-0.2, 0) is 4.79 Å². The fourth-order valence-corrected chi connectivity index (χ4v) is 1.83. The van der Waals surface area contributed by atoms with Crippen LogP contribution in [0.1, 0.15) is 19.8 Å². The predicted molar refractivity (Wildman–Crippen MR) is 57.8 cm³/mol. The monoisotopic (exact) mass is 216 g/mol. The van der Waals surface area contributed by atoms with Crippen LogP contribution in [0.25, 0.3) is 0 Å². The number of hydrogen-bond acceptors (Lipinski definition) is 3. The number of hydrogen-bond donors (Lipinski definition) is 2. The molecule has 0 bridgehead atoms. The molecule has 1 saturated carbocycles. The molecule has 5 heteroatoms. The normalized spacial score (nSPS) is 19.9. The average molecular weight is 216 g/mol. The summed E-state index contributed by atoms with van der Waals surface area (Å²) < 4.78 is 0. The van der Waals surface area contributed by atoms with Gasteiger partial charge in [0, 0.05) is 13.6 Å². The zero-order valence-electron chi connectivity index (χ0n) is 8.49. The first kappa shape index (κ1) is 11.4. The topological polar surface area (TPSA) is 66.6 Å². The molecule has 0 aromatic heterocycles. The molecule has 1 fully saturated rings. The molecule has 0 aromatic carbocycles. The summed E-state index contributed by atoms with van der Waals surface area (Å²) >= 11 is 4.87. The summed E-state index contributed by atoms with van der Waals surface area (Å²) in [6.45, 7) is 1.97. The Bertz CT molecular complexity index is 262. The number of rotatable bonds is 4. The fraction of sp³-hybridized carbons (Fsp3) is 0.778. The molecule has 0 radical (unpaired) electrons. The molecule has 0 saturated heterocycles. The quantitative estimate of drug-likeness (QED) is 0.644. The van der Waals surface area contributed by atoms with Crippen molar-refractivity contribution in [2.45, 2.75) is 25.9 Å². The lowest BCUT2D eigenvalue weighted by Crippen LogP contribution is -2.43. The maximum absolute atomic E-state index is 11.9. The highest BCUT2D eigenvalue weighted by Crippen LogP contribution is 2.47. The van der Waals surface area contributed by atoms with E-state index < -0.39 is 11.5 Å². The van der Waals surface area contributed by atoms with Crippen molar-refractivity contribution in [1.82, 2.24) is 4.90 Å². The van der Waals surface area contributed by atoms with Gasteiger partial charge in [-0.3, -0.25) is 4.79 Å². The van der Waals surface area contributed by atoms with Crippen LogP contribution in [-0.4, -0.2) is 40.6 Å². The Balaban J connectivity index is 2.61. The van der Waals surface area contributed by atoms with E-state index in [0.717, 1.165) is 12.8 Å². The van der Waals surface area contributed by atoms with Gasteiger partial charge in [-0.1, -0.05) is 12.2 Å². The van der Waals surface area contributed by atoms with Crippen molar-refractivity contribution in [3.63, 3.8) is 0 Å². The summed E-state index contributed by atoms with van der Waals surface area (Å²) in [4.78, 5) is 13.6. The summed E-state index contributed by atoms with van der Waals surface area (Å²) in [5, 5.41) is 9.14. The largest absolute Gasteiger partial charge is 0.392 e. The summed E-state index contributed by atoms with van der Waals surface area (Å²) in [7, 11) is 1.66. The van der Waals surface area contributed by atoms with Crippen LogP contribution in [0.3, 0.4) is 0 Å². The third kappa shape index (κ3) is 2.04. The Morgan fingerprint density at radius 2 is 2.21 bits per heavy atom. The second kappa shape index (κ2) is 3.82. The van der Waals surface area contributed by atoms with Crippen molar-refractivity contribution >= 4 is 23.1 Å². The van der Waals surface area contributed by atoms with Gasteiger partial charge in [-0.05, 0) is 19.8 Å². The van der Waals surface area contributed by atoms with Gasteiger partial charge in [-0.25, -0.2) is 0 Å². The van der Waals surface area contributed by atoms with E-state index in [9.17, 15) is 4.79 Å². The van der Waals surface area contributed by atoms with Gasteiger partial charge in [0.15, 0.2) is 0 Å². The molecule has 1 aliphatic carbocycles. The molecule has 1 aliphatic rings. The number of carbonyl (C=O) groups excluding carboxylic acids is 1. The molecule has 80 valence electrons. The molecular formula is C9H16N2O2S. The predicted octanol–water partition coefficient (Wildman–Crippen LogP) is -0.108. The van der Waals surface area contributed by atoms with Gasteiger partial charge < -0.3 is 15.7 Å². The molecule has 0 heterocycles. The number of thiocarbonyl (C=S) groups is 1. The third-order valence-corrected chi connectivity index (χ3v) is 2.91. The standard InChI is InChI=1S/C9H16N2O2S/c1-6(12)5-11(2)8(13)9(3-4-9)7(10)14/h6,12H,3-5H2,1-2H3,(H2,10,14). The van der Waals surface area contributed by atoms with Gasteiger partial charge in [-0.2, -0.15) is 0 Å². The van der Waals surface area contributed by atoms with E-state index in [1.54, 1.807) is 14.0 Å². The van der Waals surface area contributed by atoms with Crippen molar-refractivity contribution in [2.75, 3.05) is 13.6 Å². The lowest BCUT2D eigenvalue weighted by atomic mass is 10.1. The molecule has 4 nitrogen and oxygen atoms in total. The number of aliphatic hydroxyl groups is 1. The first-order chi connectivity index (χ1) is 6.40. The zero-order valence-corrected chi connectivity index (χ0v) is 9.30. The van der Waals surface area contributed by atoms with Gasteiger partial charge >= 0.3 is 0 Å². The van der Waals surface area contributed by atoms with E-state index in [0.29, 0.717) is 6.54 Å². The lowest BCUT2D eigenvalue weighted by molar-refractivity contribution is -0.134. The van der Waals surface area contributed by atoms with Crippen LogP contribution in [0.5, 0.6) is 0 Å². The molecule has 1 amide bonds. The molecule has 3 N–H and O–H groups in total. The average Bonchev–Trinajstić information content (AvgIpc) is 2.81. The van der Waals surface area contributed by atoms with Crippen LogP contribution in [0.2, 0.25) is 0 Å². The summed E-state index contributed by atoms with van der Waals surface area (Å²) in [5.74, 6) is -0.0640. The summed E-state index contributed by atoms with van der Waals surface area (Å²) in [6.07, 6.45) is 0.961. The van der Waals surface area contributed by atoms with Crippen LogP contribution in [0.4, 0.5) is 0 Å². The highest BCUT2D eigenvalue weighted by Gasteiger charge is 2.53. The number of aliphatic hydroxyl groups excluding tert-OH is 1. The number of nitrogens with zero attached hydrogens (tertiary/aromatic N) is 1. The second-order valence-electron chi connectivity index (χ2n) is 3.98. The van der Waals surface area contributed by atoms with Crippen molar-refractivity contribution < 1.29 is 9.90 Å². The molecule has 1 rings (SSSR count). The van der Waals surface area contributed by atoms with Gasteiger partial charge in [0.05, 0.1) is 16.5 Å². The summed E-state index contributed by atoms with van der Waals surface area (Å²) in [5.41, 5.74) is 4.93. The number of nitrogens with two attached hydrogens (primary N) is 1. The minimum absolute atomic E-state index is 0.0640. The van der Waals surface area contributed by atoms with E-state index in [1.807, 2.05) is 0 Å². The SMILES string of the molecule is CC(O)CN(C)C(=O)C1(C(N)=S)CC1. The number of likely N-dealkylation sites (N-methyl/N-ethyl adjacent to an activating group) is 1. The zero-order chi connectivity index (χ0) is 10.9. The second-order valence-corrected chi connectivity index (χ2v) is 4.42. The number of carbonyl (C=O) groups is 1. The minimum atomic E-state index is -0.598. The van der Waals surface area contributed by atoms with E-state index in [1.165, 1.54) is 4.90 Å². The van der Waals surface area contributed by atoms with Crippen molar-refractivity contribution in [2.24, 2.45) is 11.1 Å². The van der Waals surface area contributed by atoms with Crippen LogP contribution in [0.15, 0.2) is 0 Å². The summed E-state index contributed by atoms with van der Waals surface area (Å²) in [6, 6.07) is 0. The van der Waals surface area contributed by atoms with Crippen molar-refractivity contribution in [3.8, 4) is 0 Å². The molecule has 1 unspecified atom stereocenters. The highest BCUT2D eigenvalue weighted by atomic mass is 32.1. The van der Waals surface area contributed by atoms with E-state index in [2.05, 4.69) is 0 Å². The maximum Gasteiger partial charge on any atom is 0.235 e. The Kier molecular flexibility index (Phi) is 3.11. The first-order valence-corrected chi connectivity index (χ1v) is 5.04. The molecule has 0 aromatic rings. The van der Waals surface area contributed by atoms with Gasteiger partial charge in [0.25, 0.3) is 0 Å². The van der Waals surface area contributed by atoms with Gasteiger partial charge in [-0.15, -0.1) is 0 Å². The molecule has 0 aliphatic heterocycles. The van der Waals surface area contributed by atoms with E-state index in [4.69, 9.17) is 23.1 Å². The van der Waals surface area contributed by atoms with Crippen LogP contribution in [0, 0.1) is 5.41 Å². The molecule has 1 atom stereocenters. The molecular weight excluding hydrogens is 200 g/mol. The number of amides is 1. The lowest BCUT2D eigenvalue weighted by Gasteiger charge is -2.23. The van der Waals surface area contributed by atoms with Crippen LogP contribution >= 0.6 is 12.2 Å². The Morgan fingerprint density at radius 1 is 1.71 bits per heavy atom. The highest BCUT2D eigenvalue weighted by molar-refractivity contribution is 7.80. The Hall–Kier alpha value is -0.680. The Morgan fingerprint density at radius 3 is 2.50 bits per heavy atom. The fourth-order valence-electron chi connectivity index (χ4n) is 1.54. The van der Waals surface area contributed by atoms with Gasteiger partial charge in [0.1, 0.15) is 0 Å². The smallest absolute Gasteiger partial charge is 0.235 e. The van der Waals surface area contributed by atoms with Crippen molar-refractivity contribution in [1.29, 1.82) is 0 Å². The third-order valence-electron chi connectivity index (χ3n) is 2.52. The Labute approximate surface area is 89.1 Å². The maximum atomic E-state index is 11.9. The first-order valence-electron chi connectivity index (χ1n) is 4.63.